The van der Waals surface area contributed by atoms with Gasteiger partial charge in [0.25, 0.3) is 0 Å². The number of rotatable bonds is 5. The second kappa shape index (κ2) is 6.43. The van der Waals surface area contributed by atoms with Crippen LogP contribution in [0.5, 0.6) is 0 Å². The number of hydrogen-bond acceptors (Lipinski definition) is 5. The highest BCUT2D eigenvalue weighted by Gasteiger charge is 2.13. The van der Waals surface area contributed by atoms with E-state index in [9.17, 15) is 0 Å². The first-order chi connectivity index (χ1) is 9.84. The third-order valence-electron chi connectivity index (χ3n) is 3.88. The first-order valence-electron chi connectivity index (χ1n) is 7.37. The lowest BCUT2D eigenvalue weighted by Crippen LogP contribution is -2.09. The molecule has 0 radical (unpaired) electrons. The minimum absolute atomic E-state index is 0.463. The summed E-state index contributed by atoms with van der Waals surface area (Å²) in [5.41, 5.74) is 7.35. The zero-order chi connectivity index (χ0) is 13.8. The summed E-state index contributed by atoms with van der Waals surface area (Å²) in [5.74, 6) is 1.68. The Kier molecular flexibility index (Phi) is 4.40. The third kappa shape index (κ3) is 3.06. The molecule has 108 valence electrons. The topological polar surface area (TPSA) is 69.6 Å². The Labute approximate surface area is 123 Å². The molecule has 20 heavy (non-hydrogen) atoms. The molecule has 0 aliphatic heterocycles. The Morgan fingerprint density at radius 1 is 1.20 bits per heavy atom. The normalized spacial score (nSPS) is 16.8. The number of nitrogens with two attached hydrogens (primary N) is 1. The fraction of sp³-hybridized carbons (Fsp3) is 0.643. The van der Waals surface area contributed by atoms with Gasteiger partial charge in [0.05, 0.1) is 6.33 Å². The lowest BCUT2D eigenvalue weighted by Gasteiger charge is -2.20. The first-order valence-corrected chi connectivity index (χ1v) is 8.42. The van der Waals surface area contributed by atoms with Crippen LogP contribution in [0, 0.1) is 0 Å². The number of fused-ring (bicyclic) bond motifs is 1. The van der Waals surface area contributed by atoms with Gasteiger partial charge in [-0.15, -0.1) is 0 Å². The van der Waals surface area contributed by atoms with Crippen LogP contribution in [0.3, 0.4) is 0 Å². The number of imidazole rings is 1. The molecule has 1 aliphatic carbocycles. The fourth-order valence-electron chi connectivity index (χ4n) is 2.78. The van der Waals surface area contributed by atoms with Crippen molar-refractivity contribution in [1.29, 1.82) is 0 Å². The maximum atomic E-state index is 5.79. The van der Waals surface area contributed by atoms with Crippen molar-refractivity contribution >= 4 is 28.7 Å². The molecule has 1 saturated carbocycles. The van der Waals surface area contributed by atoms with Crippen LogP contribution in [0.25, 0.3) is 11.2 Å². The summed E-state index contributed by atoms with van der Waals surface area (Å²) >= 11 is 2.14. The average molecular weight is 291 g/mol. The average Bonchev–Trinajstić information content (AvgIpc) is 2.90. The highest BCUT2D eigenvalue weighted by molar-refractivity contribution is 7.99. The van der Waals surface area contributed by atoms with E-state index in [0.717, 1.165) is 23.9 Å². The molecule has 0 saturated heterocycles. The molecule has 0 amide bonds. The summed E-state index contributed by atoms with van der Waals surface area (Å²) in [6.07, 6.45) is 11.5. The zero-order valence-corrected chi connectivity index (χ0v) is 12.5. The van der Waals surface area contributed by atoms with E-state index in [1.807, 2.05) is 6.33 Å². The SMILES string of the molecule is Nc1ncnc2c1ncn2CCCSC1CCCCC1. The summed E-state index contributed by atoms with van der Waals surface area (Å²) in [6.45, 7) is 0.951. The molecule has 0 unspecified atom stereocenters. The van der Waals surface area contributed by atoms with Gasteiger partial charge in [-0.25, -0.2) is 15.0 Å². The number of thioether (sulfide) groups is 1. The zero-order valence-electron chi connectivity index (χ0n) is 11.7. The molecule has 2 aromatic heterocycles. The summed E-state index contributed by atoms with van der Waals surface area (Å²) in [6, 6.07) is 0. The Morgan fingerprint density at radius 3 is 2.90 bits per heavy atom. The van der Waals surface area contributed by atoms with Crippen molar-refractivity contribution < 1.29 is 0 Å². The Hall–Kier alpha value is -1.30. The van der Waals surface area contributed by atoms with E-state index >= 15 is 0 Å². The van der Waals surface area contributed by atoms with Crippen LogP contribution in [0.2, 0.25) is 0 Å². The smallest absolute Gasteiger partial charge is 0.165 e. The Balaban J connectivity index is 1.51. The van der Waals surface area contributed by atoms with Gasteiger partial charge in [-0.1, -0.05) is 19.3 Å². The van der Waals surface area contributed by atoms with Crippen molar-refractivity contribution in [3.63, 3.8) is 0 Å². The van der Waals surface area contributed by atoms with E-state index in [-0.39, 0.29) is 0 Å². The maximum absolute atomic E-state index is 5.79. The number of hydrogen-bond donors (Lipinski definition) is 1. The summed E-state index contributed by atoms with van der Waals surface area (Å²) in [4.78, 5) is 12.5. The van der Waals surface area contributed by atoms with Crippen LogP contribution in [-0.2, 0) is 6.54 Å². The molecule has 3 rings (SSSR count). The molecule has 6 heteroatoms. The van der Waals surface area contributed by atoms with Crippen molar-refractivity contribution in [1.82, 2.24) is 19.5 Å². The minimum Gasteiger partial charge on any atom is -0.382 e. The number of aromatic nitrogens is 4. The van der Waals surface area contributed by atoms with E-state index < -0.39 is 0 Å². The predicted molar refractivity (Wildman–Crippen MR) is 83.7 cm³/mol. The van der Waals surface area contributed by atoms with Crippen molar-refractivity contribution in [2.45, 2.75) is 50.3 Å². The monoisotopic (exact) mass is 291 g/mol. The van der Waals surface area contributed by atoms with E-state index in [4.69, 9.17) is 5.73 Å². The van der Waals surface area contributed by atoms with Crippen molar-refractivity contribution in [2.24, 2.45) is 0 Å². The number of anilines is 1. The van der Waals surface area contributed by atoms with Gasteiger partial charge in [-0.3, -0.25) is 0 Å². The highest BCUT2D eigenvalue weighted by atomic mass is 32.2. The van der Waals surface area contributed by atoms with Gasteiger partial charge in [0, 0.05) is 11.8 Å². The first kappa shape index (κ1) is 13.7. The molecule has 0 aromatic carbocycles. The lowest BCUT2D eigenvalue weighted by molar-refractivity contribution is 0.515. The predicted octanol–water partition coefficient (Wildman–Crippen LogP) is 2.86. The second-order valence-electron chi connectivity index (χ2n) is 5.35. The number of nitrogen functional groups attached to an aromatic ring is 1. The number of aryl methyl sites for hydroxylation is 1. The summed E-state index contributed by atoms with van der Waals surface area (Å²) in [5, 5.41) is 0.890. The van der Waals surface area contributed by atoms with E-state index in [1.165, 1.54) is 44.2 Å². The van der Waals surface area contributed by atoms with Gasteiger partial charge in [0.2, 0.25) is 0 Å². The summed E-state index contributed by atoms with van der Waals surface area (Å²) < 4.78 is 2.08. The van der Waals surface area contributed by atoms with Crippen LogP contribution in [0.4, 0.5) is 5.82 Å². The molecular formula is C14H21N5S. The van der Waals surface area contributed by atoms with Gasteiger partial charge >= 0.3 is 0 Å². The van der Waals surface area contributed by atoms with Crippen LogP contribution >= 0.6 is 11.8 Å². The lowest BCUT2D eigenvalue weighted by atomic mass is 10.0. The molecule has 0 atom stereocenters. The van der Waals surface area contributed by atoms with E-state index in [2.05, 4.69) is 31.3 Å². The minimum atomic E-state index is 0.463. The Morgan fingerprint density at radius 2 is 2.05 bits per heavy atom. The van der Waals surface area contributed by atoms with Crippen LogP contribution in [-0.4, -0.2) is 30.5 Å². The fourth-order valence-corrected chi connectivity index (χ4v) is 4.07. The second-order valence-corrected chi connectivity index (χ2v) is 6.76. The molecule has 5 nitrogen and oxygen atoms in total. The highest BCUT2D eigenvalue weighted by Crippen LogP contribution is 2.28. The quantitative estimate of drug-likeness (QED) is 0.858. The standard InChI is InChI=1S/C14H21N5S/c15-13-12-14(17-9-16-13)19(10-18-12)7-4-8-20-11-5-2-1-3-6-11/h9-11H,1-8H2,(H2,15,16,17). The van der Waals surface area contributed by atoms with Gasteiger partial charge in [-0.2, -0.15) is 11.8 Å². The summed E-state index contributed by atoms with van der Waals surface area (Å²) in [7, 11) is 0. The molecule has 1 aliphatic rings. The third-order valence-corrected chi connectivity index (χ3v) is 5.35. The molecule has 1 fully saturated rings. The van der Waals surface area contributed by atoms with Crippen LogP contribution < -0.4 is 5.73 Å². The van der Waals surface area contributed by atoms with Gasteiger partial charge in [-0.05, 0) is 25.0 Å². The van der Waals surface area contributed by atoms with Gasteiger partial charge in [0.1, 0.15) is 11.8 Å². The van der Waals surface area contributed by atoms with E-state index in [1.54, 1.807) is 0 Å². The molecular weight excluding hydrogens is 270 g/mol. The number of nitrogens with zero attached hydrogens (tertiary/aromatic N) is 4. The molecule has 0 spiro atoms. The van der Waals surface area contributed by atoms with Crippen LogP contribution in [0.1, 0.15) is 38.5 Å². The molecule has 0 bridgehead atoms. The Bertz CT molecular complexity index is 562. The molecule has 2 N–H and O–H groups in total. The van der Waals surface area contributed by atoms with Gasteiger partial charge < -0.3 is 10.3 Å². The van der Waals surface area contributed by atoms with Crippen molar-refractivity contribution in [3.8, 4) is 0 Å². The van der Waals surface area contributed by atoms with Crippen molar-refractivity contribution in [3.05, 3.63) is 12.7 Å². The van der Waals surface area contributed by atoms with Crippen molar-refractivity contribution in [2.75, 3.05) is 11.5 Å². The molecule has 2 heterocycles. The largest absolute Gasteiger partial charge is 0.382 e. The van der Waals surface area contributed by atoms with Crippen LogP contribution in [0.15, 0.2) is 12.7 Å². The van der Waals surface area contributed by atoms with Gasteiger partial charge in [0.15, 0.2) is 11.5 Å². The maximum Gasteiger partial charge on any atom is 0.165 e. The molecule has 2 aromatic rings. The van der Waals surface area contributed by atoms with E-state index in [0.29, 0.717) is 11.3 Å².